The van der Waals surface area contributed by atoms with E-state index < -0.39 is 6.10 Å². The van der Waals surface area contributed by atoms with Gasteiger partial charge in [-0.15, -0.1) is 0 Å². The number of halogens is 1. The van der Waals surface area contributed by atoms with E-state index in [4.69, 9.17) is 9.47 Å². The minimum absolute atomic E-state index is 0.0524. The fourth-order valence-corrected chi connectivity index (χ4v) is 2.56. The van der Waals surface area contributed by atoms with E-state index in [1.165, 1.54) is 0 Å². The van der Waals surface area contributed by atoms with Gasteiger partial charge in [-0.2, -0.15) is 0 Å². The predicted molar refractivity (Wildman–Crippen MR) is 76.3 cm³/mol. The molecule has 4 heteroatoms. The highest BCUT2D eigenvalue weighted by atomic mass is 79.9. The summed E-state index contributed by atoms with van der Waals surface area (Å²) in [6, 6.07) is 3.67. The molecule has 1 N–H and O–H groups in total. The summed E-state index contributed by atoms with van der Waals surface area (Å²) in [5, 5.41) is 10.3. The molecule has 0 spiro atoms. The van der Waals surface area contributed by atoms with Crippen LogP contribution in [-0.2, 0) is 0 Å². The molecule has 0 radical (unpaired) electrons. The van der Waals surface area contributed by atoms with Gasteiger partial charge < -0.3 is 14.6 Å². The fraction of sp³-hybridized carbons (Fsp3) is 0.571. The van der Waals surface area contributed by atoms with Crippen molar-refractivity contribution in [3.05, 3.63) is 22.2 Å². The highest BCUT2D eigenvalue weighted by Crippen LogP contribution is 2.42. The molecule has 0 aliphatic carbocycles. The monoisotopic (exact) mass is 316 g/mol. The third-order valence-corrected chi connectivity index (χ3v) is 3.43. The molecular weight excluding hydrogens is 296 g/mol. The van der Waals surface area contributed by atoms with Crippen LogP contribution in [0.25, 0.3) is 0 Å². The van der Waals surface area contributed by atoms with Crippen LogP contribution in [0.4, 0.5) is 0 Å². The predicted octanol–water partition coefficient (Wildman–Crippen LogP) is 3.94. The van der Waals surface area contributed by atoms with Gasteiger partial charge in [0.05, 0.1) is 20.3 Å². The van der Waals surface area contributed by atoms with E-state index in [0.29, 0.717) is 17.9 Å². The molecule has 1 rings (SSSR count). The zero-order valence-electron chi connectivity index (χ0n) is 11.6. The Balaban J connectivity index is 3.13. The standard InChI is InChI=1S/C14H21BrO3/c1-14(2,3)8-10(16)9-6-7-11(17-4)12(15)13(9)18-5/h6-7,10,16H,8H2,1-5H3. The first-order chi connectivity index (χ1) is 8.30. The lowest BCUT2D eigenvalue weighted by atomic mass is 9.86. The Morgan fingerprint density at radius 1 is 1.22 bits per heavy atom. The summed E-state index contributed by atoms with van der Waals surface area (Å²) in [4.78, 5) is 0. The maximum Gasteiger partial charge on any atom is 0.142 e. The third-order valence-electron chi connectivity index (χ3n) is 2.68. The summed E-state index contributed by atoms with van der Waals surface area (Å²) in [5.41, 5.74) is 0.830. The molecule has 18 heavy (non-hydrogen) atoms. The first kappa shape index (κ1) is 15.3. The molecule has 1 aromatic rings. The molecular formula is C14H21BrO3. The van der Waals surface area contributed by atoms with Crippen molar-refractivity contribution in [2.75, 3.05) is 14.2 Å². The molecule has 102 valence electrons. The Bertz CT molecular complexity index is 410. The van der Waals surface area contributed by atoms with E-state index in [2.05, 4.69) is 36.7 Å². The Labute approximate surface area is 117 Å². The van der Waals surface area contributed by atoms with Crippen molar-refractivity contribution in [2.45, 2.75) is 33.3 Å². The van der Waals surface area contributed by atoms with Crippen molar-refractivity contribution in [1.82, 2.24) is 0 Å². The quantitative estimate of drug-likeness (QED) is 0.914. The van der Waals surface area contributed by atoms with Gasteiger partial charge in [0.15, 0.2) is 0 Å². The number of ether oxygens (including phenoxy) is 2. The van der Waals surface area contributed by atoms with Crippen molar-refractivity contribution < 1.29 is 14.6 Å². The fourth-order valence-electron chi connectivity index (χ4n) is 1.87. The van der Waals surface area contributed by atoms with Gasteiger partial charge >= 0.3 is 0 Å². The van der Waals surface area contributed by atoms with Gasteiger partial charge in [0.25, 0.3) is 0 Å². The summed E-state index contributed by atoms with van der Waals surface area (Å²) < 4.78 is 11.3. The van der Waals surface area contributed by atoms with Crippen LogP contribution in [0.1, 0.15) is 38.9 Å². The number of aliphatic hydroxyl groups excluding tert-OH is 1. The molecule has 0 heterocycles. The normalized spacial score (nSPS) is 13.3. The van der Waals surface area contributed by atoms with Crippen LogP contribution in [-0.4, -0.2) is 19.3 Å². The summed E-state index contributed by atoms with van der Waals surface area (Å²) in [6.45, 7) is 6.30. The van der Waals surface area contributed by atoms with Gasteiger partial charge in [0, 0.05) is 5.56 Å². The number of hydrogen-bond donors (Lipinski definition) is 1. The van der Waals surface area contributed by atoms with Gasteiger partial charge in [0.1, 0.15) is 16.0 Å². The molecule has 0 aromatic heterocycles. The second-order valence-corrected chi connectivity index (χ2v) is 6.28. The Hall–Kier alpha value is -0.740. The van der Waals surface area contributed by atoms with Crippen LogP contribution in [0.3, 0.4) is 0 Å². The van der Waals surface area contributed by atoms with Crippen molar-refractivity contribution in [2.24, 2.45) is 5.41 Å². The molecule has 1 atom stereocenters. The highest BCUT2D eigenvalue weighted by molar-refractivity contribution is 9.10. The summed E-state index contributed by atoms with van der Waals surface area (Å²) >= 11 is 3.44. The number of hydrogen-bond acceptors (Lipinski definition) is 3. The molecule has 0 fully saturated rings. The second kappa shape index (κ2) is 5.93. The lowest BCUT2D eigenvalue weighted by Gasteiger charge is -2.24. The molecule has 0 aliphatic rings. The maximum atomic E-state index is 10.3. The van der Waals surface area contributed by atoms with Crippen LogP contribution in [0.5, 0.6) is 11.5 Å². The molecule has 0 amide bonds. The molecule has 0 saturated heterocycles. The number of methoxy groups -OCH3 is 2. The molecule has 1 aromatic carbocycles. The van der Waals surface area contributed by atoms with Crippen molar-refractivity contribution in [3.8, 4) is 11.5 Å². The smallest absolute Gasteiger partial charge is 0.142 e. The van der Waals surface area contributed by atoms with E-state index in [0.717, 1.165) is 10.0 Å². The van der Waals surface area contributed by atoms with E-state index in [1.807, 2.05) is 12.1 Å². The Morgan fingerprint density at radius 2 is 1.83 bits per heavy atom. The van der Waals surface area contributed by atoms with E-state index in [9.17, 15) is 5.11 Å². The largest absolute Gasteiger partial charge is 0.495 e. The van der Waals surface area contributed by atoms with Gasteiger partial charge in [-0.05, 0) is 39.9 Å². The third kappa shape index (κ3) is 3.62. The number of rotatable bonds is 4. The lowest BCUT2D eigenvalue weighted by Crippen LogP contribution is -2.12. The zero-order chi connectivity index (χ0) is 13.9. The molecule has 0 bridgehead atoms. The SMILES string of the molecule is COc1ccc(C(O)CC(C)(C)C)c(OC)c1Br. The van der Waals surface area contributed by atoms with Gasteiger partial charge in [-0.3, -0.25) is 0 Å². The minimum Gasteiger partial charge on any atom is -0.495 e. The van der Waals surface area contributed by atoms with E-state index in [1.54, 1.807) is 14.2 Å². The van der Waals surface area contributed by atoms with Crippen LogP contribution in [0.2, 0.25) is 0 Å². The summed E-state index contributed by atoms with van der Waals surface area (Å²) in [6.07, 6.45) is 0.115. The minimum atomic E-state index is -0.554. The van der Waals surface area contributed by atoms with E-state index >= 15 is 0 Å². The van der Waals surface area contributed by atoms with Crippen molar-refractivity contribution in [1.29, 1.82) is 0 Å². The topological polar surface area (TPSA) is 38.7 Å². The zero-order valence-corrected chi connectivity index (χ0v) is 13.2. The van der Waals surface area contributed by atoms with Crippen LogP contribution >= 0.6 is 15.9 Å². The molecule has 1 unspecified atom stereocenters. The van der Waals surface area contributed by atoms with Crippen LogP contribution < -0.4 is 9.47 Å². The lowest BCUT2D eigenvalue weighted by molar-refractivity contribution is 0.119. The average Bonchev–Trinajstić information content (AvgIpc) is 2.26. The van der Waals surface area contributed by atoms with Gasteiger partial charge in [-0.25, -0.2) is 0 Å². The Morgan fingerprint density at radius 3 is 2.28 bits per heavy atom. The van der Waals surface area contributed by atoms with Crippen molar-refractivity contribution in [3.63, 3.8) is 0 Å². The second-order valence-electron chi connectivity index (χ2n) is 5.48. The molecule has 0 aliphatic heterocycles. The van der Waals surface area contributed by atoms with Gasteiger partial charge in [0.2, 0.25) is 0 Å². The molecule has 3 nitrogen and oxygen atoms in total. The Kier molecular flexibility index (Phi) is 5.05. The van der Waals surface area contributed by atoms with E-state index in [-0.39, 0.29) is 5.41 Å². The molecule has 0 saturated carbocycles. The first-order valence-corrected chi connectivity index (χ1v) is 6.68. The average molecular weight is 317 g/mol. The first-order valence-electron chi connectivity index (χ1n) is 5.88. The maximum absolute atomic E-state index is 10.3. The number of benzene rings is 1. The van der Waals surface area contributed by atoms with Crippen LogP contribution in [0.15, 0.2) is 16.6 Å². The number of aliphatic hydroxyl groups is 1. The van der Waals surface area contributed by atoms with Crippen LogP contribution in [0, 0.1) is 5.41 Å². The van der Waals surface area contributed by atoms with Gasteiger partial charge in [-0.1, -0.05) is 20.8 Å². The highest BCUT2D eigenvalue weighted by Gasteiger charge is 2.23. The summed E-state index contributed by atoms with van der Waals surface area (Å²) in [5.74, 6) is 1.32. The van der Waals surface area contributed by atoms with Crippen molar-refractivity contribution >= 4 is 15.9 Å². The summed E-state index contributed by atoms with van der Waals surface area (Å²) in [7, 11) is 3.19.